The Morgan fingerprint density at radius 2 is 2.00 bits per heavy atom. The first-order valence-corrected chi connectivity index (χ1v) is 8.67. The first-order valence-electron chi connectivity index (χ1n) is 7.88. The van der Waals surface area contributed by atoms with Crippen LogP contribution in [0.4, 0.5) is 5.69 Å². The maximum absolute atomic E-state index is 12.5. The number of halogens is 1. The van der Waals surface area contributed by atoms with Crippen LogP contribution in [-0.2, 0) is 0 Å². The largest absolute Gasteiger partial charge is 0.490 e. The number of rotatable bonds is 4. The number of amides is 1. The molecule has 0 bridgehead atoms. The predicted molar refractivity (Wildman–Crippen MR) is 93.2 cm³/mol. The SMILES string of the molecule is Cc1oc(C)c(C(=O)Nc2cccc(OC3CCCC3)c2)c1Br. The van der Waals surface area contributed by atoms with Crippen molar-refractivity contribution in [3.05, 3.63) is 45.8 Å². The Bertz CT molecular complexity index is 717. The molecule has 23 heavy (non-hydrogen) atoms. The number of furan rings is 1. The number of nitrogens with one attached hydrogen (secondary N) is 1. The lowest BCUT2D eigenvalue weighted by Crippen LogP contribution is -2.14. The van der Waals surface area contributed by atoms with Gasteiger partial charge in [0.15, 0.2) is 0 Å². The van der Waals surface area contributed by atoms with Gasteiger partial charge in [-0.2, -0.15) is 0 Å². The van der Waals surface area contributed by atoms with Gasteiger partial charge in [-0.25, -0.2) is 0 Å². The van der Waals surface area contributed by atoms with Gasteiger partial charge >= 0.3 is 0 Å². The minimum absolute atomic E-state index is 0.191. The van der Waals surface area contributed by atoms with Crippen LogP contribution < -0.4 is 10.1 Å². The molecule has 0 spiro atoms. The van der Waals surface area contributed by atoms with Gasteiger partial charge in [-0.1, -0.05) is 6.07 Å². The lowest BCUT2D eigenvalue weighted by molar-refractivity contribution is 0.102. The Morgan fingerprint density at radius 1 is 1.26 bits per heavy atom. The number of hydrogen-bond donors (Lipinski definition) is 1. The van der Waals surface area contributed by atoms with E-state index in [2.05, 4.69) is 21.2 Å². The van der Waals surface area contributed by atoms with E-state index in [4.69, 9.17) is 9.15 Å². The second kappa shape index (κ2) is 6.79. The van der Waals surface area contributed by atoms with Crippen molar-refractivity contribution in [2.75, 3.05) is 5.32 Å². The standard InChI is InChI=1S/C18H20BrNO3/c1-11-16(17(19)12(2)22-11)18(21)20-13-6-5-9-15(10-13)23-14-7-3-4-8-14/h5-6,9-10,14H,3-4,7-8H2,1-2H3,(H,20,21). The van der Waals surface area contributed by atoms with Crippen molar-refractivity contribution in [1.82, 2.24) is 0 Å². The summed E-state index contributed by atoms with van der Waals surface area (Å²) in [6.07, 6.45) is 4.98. The zero-order valence-corrected chi connectivity index (χ0v) is 14.9. The third kappa shape index (κ3) is 3.61. The summed E-state index contributed by atoms with van der Waals surface area (Å²) in [5.74, 6) is 1.91. The van der Waals surface area contributed by atoms with E-state index >= 15 is 0 Å². The second-order valence-corrected chi connectivity index (χ2v) is 6.70. The van der Waals surface area contributed by atoms with Gasteiger partial charge in [-0.15, -0.1) is 0 Å². The summed E-state index contributed by atoms with van der Waals surface area (Å²) in [7, 11) is 0. The van der Waals surface area contributed by atoms with Crippen molar-refractivity contribution >= 4 is 27.5 Å². The predicted octanol–water partition coefficient (Wildman–Crippen LogP) is 5.23. The Hall–Kier alpha value is -1.75. The summed E-state index contributed by atoms with van der Waals surface area (Å²) in [4.78, 5) is 12.5. The maximum Gasteiger partial charge on any atom is 0.260 e. The lowest BCUT2D eigenvalue weighted by atomic mass is 10.2. The van der Waals surface area contributed by atoms with Gasteiger partial charge in [0, 0.05) is 11.8 Å². The molecule has 1 aromatic heterocycles. The van der Waals surface area contributed by atoms with Crippen LogP contribution >= 0.6 is 15.9 Å². The van der Waals surface area contributed by atoms with Gasteiger partial charge in [0.2, 0.25) is 0 Å². The van der Waals surface area contributed by atoms with Crippen molar-refractivity contribution in [3.8, 4) is 5.75 Å². The third-order valence-corrected chi connectivity index (χ3v) is 5.07. The molecule has 0 radical (unpaired) electrons. The van der Waals surface area contributed by atoms with Gasteiger partial charge in [0.25, 0.3) is 5.91 Å². The molecule has 4 nitrogen and oxygen atoms in total. The zero-order valence-electron chi connectivity index (χ0n) is 13.3. The Labute approximate surface area is 144 Å². The summed E-state index contributed by atoms with van der Waals surface area (Å²) in [6.45, 7) is 3.61. The van der Waals surface area contributed by atoms with Gasteiger partial charge in [-0.3, -0.25) is 4.79 Å². The van der Waals surface area contributed by atoms with Crippen molar-refractivity contribution in [2.45, 2.75) is 45.6 Å². The van der Waals surface area contributed by atoms with E-state index in [0.717, 1.165) is 24.3 Å². The smallest absolute Gasteiger partial charge is 0.260 e. The highest BCUT2D eigenvalue weighted by Crippen LogP contribution is 2.29. The number of benzene rings is 1. The molecular weight excluding hydrogens is 358 g/mol. The molecule has 0 aliphatic heterocycles. The fourth-order valence-electron chi connectivity index (χ4n) is 2.96. The maximum atomic E-state index is 12.5. The number of ether oxygens (including phenoxy) is 1. The fraction of sp³-hybridized carbons (Fsp3) is 0.389. The molecule has 1 N–H and O–H groups in total. The first kappa shape index (κ1) is 16.1. The monoisotopic (exact) mass is 377 g/mol. The van der Waals surface area contributed by atoms with Crippen molar-refractivity contribution in [3.63, 3.8) is 0 Å². The summed E-state index contributed by atoms with van der Waals surface area (Å²) in [5.41, 5.74) is 1.25. The van der Waals surface area contributed by atoms with E-state index in [-0.39, 0.29) is 5.91 Å². The van der Waals surface area contributed by atoms with Crippen LogP contribution in [-0.4, -0.2) is 12.0 Å². The minimum atomic E-state index is -0.191. The number of anilines is 1. The fourth-order valence-corrected chi connectivity index (χ4v) is 3.50. The van der Waals surface area contributed by atoms with E-state index < -0.39 is 0 Å². The molecule has 1 fully saturated rings. The molecule has 2 aromatic rings. The van der Waals surface area contributed by atoms with Gasteiger partial charge < -0.3 is 14.5 Å². The Balaban J connectivity index is 1.73. The molecule has 122 valence electrons. The number of carbonyl (C=O) groups excluding carboxylic acids is 1. The van der Waals surface area contributed by atoms with E-state index in [9.17, 15) is 4.79 Å². The zero-order chi connectivity index (χ0) is 16.4. The van der Waals surface area contributed by atoms with Crippen LogP contribution in [0.2, 0.25) is 0 Å². The molecule has 1 aliphatic carbocycles. The molecular formula is C18H20BrNO3. The van der Waals surface area contributed by atoms with Gasteiger partial charge in [-0.05, 0) is 67.6 Å². The first-order chi connectivity index (χ1) is 11.0. The Kier molecular flexibility index (Phi) is 4.76. The van der Waals surface area contributed by atoms with Crippen LogP contribution in [0, 0.1) is 13.8 Å². The molecule has 1 aliphatic rings. The van der Waals surface area contributed by atoms with Crippen LogP contribution in [0.3, 0.4) is 0 Å². The van der Waals surface area contributed by atoms with Crippen molar-refractivity contribution in [1.29, 1.82) is 0 Å². The average molecular weight is 378 g/mol. The van der Waals surface area contributed by atoms with Crippen molar-refractivity contribution in [2.24, 2.45) is 0 Å². The minimum Gasteiger partial charge on any atom is -0.490 e. The number of hydrogen-bond acceptors (Lipinski definition) is 3. The Morgan fingerprint density at radius 3 is 2.65 bits per heavy atom. The van der Waals surface area contributed by atoms with E-state index in [1.165, 1.54) is 12.8 Å². The van der Waals surface area contributed by atoms with Gasteiger partial charge in [0.1, 0.15) is 17.3 Å². The molecule has 3 rings (SSSR count). The van der Waals surface area contributed by atoms with E-state index in [0.29, 0.717) is 27.7 Å². The van der Waals surface area contributed by atoms with Crippen LogP contribution in [0.5, 0.6) is 5.75 Å². The van der Waals surface area contributed by atoms with Crippen molar-refractivity contribution < 1.29 is 13.9 Å². The molecule has 1 amide bonds. The lowest BCUT2D eigenvalue weighted by Gasteiger charge is -2.14. The quantitative estimate of drug-likeness (QED) is 0.792. The highest BCUT2D eigenvalue weighted by molar-refractivity contribution is 9.10. The van der Waals surface area contributed by atoms with E-state index in [1.54, 1.807) is 6.92 Å². The molecule has 0 unspecified atom stereocenters. The normalized spacial score (nSPS) is 14.9. The molecule has 5 heteroatoms. The molecule has 1 saturated carbocycles. The highest BCUT2D eigenvalue weighted by Gasteiger charge is 2.20. The number of aryl methyl sites for hydroxylation is 2. The number of carbonyl (C=O) groups is 1. The van der Waals surface area contributed by atoms with Gasteiger partial charge in [0.05, 0.1) is 16.1 Å². The van der Waals surface area contributed by atoms with Crippen LogP contribution in [0.1, 0.15) is 47.6 Å². The molecule has 1 heterocycles. The average Bonchev–Trinajstić information content (AvgIpc) is 3.08. The van der Waals surface area contributed by atoms with Crippen LogP contribution in [0.25, 0.3) is 0 Å². The second-order valence-electron chi connectivity index (χ2n) is 5.91. The summed E-state index contributed by atoms with van der Waals surface area (Å²) in [5, 5.41) is 2.91. The van der Waals surface area contributed by atoms with Crippen LogP contribution in [0.15, 0.2) is 33.2 Å². The molecule has 0 atom stereocenters. The topological polar surface area (TPSA) is 51.5 Å². The summed E-state index contributed by atoms with van der Waals surface area (Å²) < 4.78 is 12.2. The molecule has 1 aromatic carbocycles. The molecule has 0 saturated heterocycles. The summed E-state index contributed by atoms with van der Waals surface area (Å²) in [6, 6.07) is 7.54. The highest BCUT2D eigenvalue weighted by atomic mass is 79.9. The van der Waals surface area contributed by atoms with E-state index in [1.807, 2.05) is 31.2 Å². The third-order valence-electron chi connectivity index (χ3n) is 4.11. The summed E-state index contributed by atoms with van der Waals surface area (Å²) >= 11 is 3.41.